The van der Waals surface area contributed by atoms with Gasteiger partial charge < -0.3 is 15.2 Å². The second-order valence-corrected chi connectivity index (χ2v) is 9.41. The Morgan fingerprint density at radius 3 is 2.68 bits per heavy atom. The van der Waals surface area contributed by atoms with Gasteiger partial charge in [0.1, 0.15) is 11.6 Å². The molecule has 2 aromatic heterocycles. The molecule has 3 heterocycles. The van der Waals surface area contributed by atoms with Gasteiger partial charge in [0.2, 0.25) is 0 Å². The van der Waals surface area contributed by atoms with Gasteiger partial charge in [-0.25, -0.2) is 4.98 Å². The number of ether oxygens (including phenoxy) is 1. The third-order valence-corrected chi connectivity index (χ3v) is 6.85. The highest BCUT2D eigenvalue weighted by atomic mass is 35.5. The summed E-state index contributed by atoms with van der Waals surface area (Å²) in [5, 5.41) is 12.8. The SMILES string of the molecule is C.O=C(O)C[C@@H]1CC[C@H](C(=O)Cc2cc(-c3cncc(NCC4CCOCC4)n3)c(Cl)cn2)C1. The lowest BCUT2D eigenvalue weighted by molar-refractivity contribution is -0.138. The van der Waals surface area contributed by atoms with Gasteiger partial charge in [0.15, 0.2) is 0 Å². The molecule has 34 heavy (non-hydrogen) atoms. The van der Waals surface area contributed by atoms with Gasteiger partial charge >= 0.3 is 5.97 Å². The van der Waals surface area contributed by atoms with E-state index in [1.165, 1.54) is 0 Å². The number of aliphatic carboxylic acids is 1. The third-order valence-electron chi connectivity index (χ3n) is 6.55. The van der Waals surface area contributed by atoms with Gasteiger partial charge in [-0.3, -0.25) is 19.6 Å². The number of nitrogens with zero attached hydrogens (tertiary/aromatic N) is 3. The Bertz CT molecular complexity index is 997. The number of carbonyl (C=O) groups is 2. The minimum atomic E-state index is -0.803. The second-order valence-electron chi connectivity index (χ2n) is 9.00. The fraction of sp³-hybridized carbons (Fsp3) is 0.560. The Morgan fingerprint density at radius 2 is 1.91 bits per heavy atom. The molecule has 9 heteroatoms. The maximum Gasteiger partial charge on any atom is 0.303 e. The molecule has 0 radical (unpaired) electrons. The molecule has 0 aromatic carbocycles. The van der Waals surface area contributed by atoms with Crippen molar-refractivity contribution in [3.8, 4) is 11.3 Å². The van der Waals surface area contributed by atoms with Crippen LogP contribution in [-0.2, 0) is 20.7 Å². The van der Waals surface area contributed by atoms with Crippen molar-refractivity contribution in [1.29, 1.82) is 0 Å². The molecule has 1 saturated carbocycles. The Kier molecular flexibility index (Phi) is 9.36. The number of aromatic nitrogens is 3. The minimum absolute atomic E-state index is 0. The number of pyridine rings is 1. The number of carboxylic acids is 1. The number of hydrogen-bond donors (Lipinski definition) is 2. The predicted octanol–water partition coefficient (Wildman–Crippen LogP) is 4.67. The summed E-state index contributed by atoms with van der Waals surface area (Å²) in [4.78, 5) is 37.1. The first-order chi connectivity index (χ1) is 16.0. The Balaban J connectivity index is 0.00000324. The molecule has 2 N–H and O–H groups in total. The van der Waals surface area contributed by atoms with Crippen molar-refractivity contribution in [1.82, 2.24) is 15.0 Å². The van der Waals surface area contributed by atoms with Crippen molar-refractivity contribution in [3.63, 3.8) is 0 Å². The number of nitrogens with one attached hydrogen (secondary N) is 1. The van der Waals surface area contributed by atoms with Crippen LogP contribution in [0.25, 0.3) is 11.3 Å². The van der Waals surface area contributed by atoms with Crippen molar-refractivity contribution >= 4 is 29.2 Å². The highest BCUT2D eigenvalue weighted by Crippen LogP contribution is 2.34. The summed E-state index contributed by atoms with van der Waals surface area (Å²) in [7, 11) is 0. The fourth-order valence-corrected chi connectivity index (χ4v) is 4.88. The molecule has 2 fully saturated rings. The zero-order valence-electron chi connectivity index (χ0n) is 18.5. The predicted molar refractivity (Wildman–Crippen MR) is 131 cm³/mol. The van der Waals surface area contributed by atoms with Crippen LogP contribution in [-0.4, -0.2) is 51.6 Å². The van der Waals surface area contributed by atoms with Crippen LogP contribution in [0.5, 0.6) is 0 Å². The maximum atomic E-state index is 12.8. The normalized spacial score (nSPS) is 20.5. The van der Waals surface area contributed by atoms with Crippen molar-refractivity contribution in [2.75, 3.05) is 25.1 Å². The third kappa shape index (κ3) is 6.96. The smallest absolute Gasteiger partial charge is 0.303 e. The van der Waals surface area contributed by atoms with E-state index in [9.17, 15) is 9.59 Å². The molecule has 1 aliphatic carbocycles. The highest BCUT2D eigenvalue weighted by molar-refractivity contribution is 6.33. The van der Waals surface area contributed by atoms with Crippen LogP contribution in [0.4, 0.5) is 5.82 Å². The van der Waals surface area contributed by atoms with E-state index >= 15 is 0 Å². The van der Waals surface area contributed by atoms with E-state index < -0.39 is 5.97 Å². The van der Waals surface area contributed by atoms with Gasteiger partial charge in [-0.1, -0.05) is 19.0 Å². The van der Waals surface area contributed by atoms with Crippen LogP contribution in [0, 0.1) is 17.8 Å². The van der Waals surface area contributed by atoms with E-state index in [-0.39, 0.29) is 37.9 Å². The average molecular weight is 489 g/mol. The van der Waals surface area contributed by atoms with E-state index in [1.54, 1.807) is 24.7 Å². The number of halogens is 1. The monoisotopic (exact) mass is 488 g/mol. The number of rotatable bonds is 9. The molecule has 0 spiro atoms. The van der Waals surface area contributed by atoms with Gasteiger partial charge in [-0.15, -0.1) is 0 Å². The first-order valence-electron chi connectivity index (χ1n) is 11.5. The molecule has 0 bridgehead atoms. The van der Waals surface area contributed by atoms with Crippen LogP contribution < -0.4 is 5.32 Å². The van der Waals surface area contributed by atoms with Crippen molar-refractivity contribution in [2.45, 2.75) is 52.4 Å². The molecule has 2 aromatic rings. The molecule has 2 atom stereocenters. The molecular weight excluding hydrogens is 456 g/mol. The number of hydrogen-bond acceptors (Lipinski definition) is 7. The summed E-state index contributed by atoms with van der Waals surface area (Å²) in [6.45, 7) is 2.41. The lowest BCUT2D eigenvalue weighted by Gasteiger charge is -2.22. The summed E-state index contributed by atoms with van der Waals surface area (Å²) in [6, 6.07) is 1.80. The number of carboxylic acid groups (broad SMARTS) is 1. The summed E-state index contributed by atoms with van der Waals surface area (Å²) in [6.07, 6.45) is 9.44. The molecular formula is C25H33ClN4O4. The molecule has 1 saturated heterocycles. The molecule has 0 amide bonds. The fourth-order valence-electron chi connectivity index (χ4n) is 4.68. The number of carbonyl (C=O) groups excluding carboxylic acids is 1. The number of anilines is 1. The molecule has 8 nitrogen and oxygen atoms in total. The van der Waals surface area contributed by atoms with E-state index in [1.807, 2.05) is 0 Å². The molecule has 0 unspecified atom stereocenters. The van der Waals surface area contributed by atoms with Crippen LogP contribution in [0.2, 0.25) is 5.02 Å². The Hall–Kier alpha value is -2.58. The second kappa shape index (κ2) is 12.2. The van der Waals surface area contributed by atoms with Gasteiger partial charge in [0.05, 0.1) is 23.1 Å². The van der Waals surface area contributed by atoms with Crippen molar-refractivity contribution < 1.29 is 19.4 Å². The van der Waals surface area contributed by atoms with Crippen LogP contribution in [0.15, 0.2) is 24.7 Å². The average Bonchev–Trinajstić information content (AvgIpc) is 3.28. The highest BCUT2D eigenvalue weighted by Gasteiger charge is 2.31. The lowest BCUT2D eigenvalue weighted by Crippen LogP contribution is -2.23. The van der Waals surface area contributed by atoms with Gasteiger partial charge in [-0.2, -0.15) is 0 Å². The van der Waals surface area contributed by atoms with Gasteiger partial charge in [0, 0.05) is 56.0 Å². The lowest BCUT2D eigenvalue weighted by atomic mass is 9.95. The van der Waals surface area contributed by atoms with E-state index in [0.29, 0.717) is 40.1 Å². The summed E-state index contributed by atoms with van der Waals surface area (Å²) < 4.78 is 5.41. The van der Waals surface area contributed by atoms with E-state index in [2.05, 4.69) is 20.3 Å². The van der Waals surface area contributed by atoms with Crippen LogP contribution >= 0.6 is 11.6 Å². The minimum Gasteiger partial charge on any atom is -0.481 e. The summed E-state index contributed by atoms with van der Waals surface area (Å²) in [5.74, 6) is 0.505. The largest absolute Gasteiger partial charge is 0.481 e. The van der Waals surface area contributed by atoms with Crippen molar-refractivity contribution in [2.24, 2.45) is 17.8 Å². The Morgan fingerprint density at radius 1 is 1.12 bits per heavy atom. The van der Waals surface area contributed by atoms with Crippen LogP contribution in [0.3, 0.4) is 0 Å². The number of Topliss-reactive ketones (excluding diaryl/α,β-unsaturated/α-hetero) is 1. The topological polar surface area (TPSA) is 114 Å². The first kappa shape index (κ1) is 26.0. The van der Waals surface area contributed by atoms with Gasteiger partial charge in [0.25, 0.3) is 0 Å². The summed E-state index contributed by atoms with van der Waals surface area (Å²) in [5.41, 5.74) is 1.94. The van der Waals surface area contributed by atoms with Crippen LogP contribution in [0.1, 0.15) is 51.6 Å². The Labute approximate surface area is 205 Å². The van der Waals surface area contributed by atoms with Crippen molar-refractivity contribution in [3.05, 3.63) is 35.4 Å². The zero-order chi connectivity index (χ0) is 23.2. The maximum absolute atomic E-state index is 12.8. The van der Waals surface area contributed by atoms with E-state index in [4.69, 9.17) is 21.4 Å². The number of ketones is 1. The molecule has 4 rings (SSSR count). The van der Waals surface area contributed by atoms with Gasteiger partial charge in [-0.05, 0) is 50.0 Å². The molecule has 2 aliphatic rings. The first-order valence-corrected chi connectivity index (χ1v) is 11.9. The summed E-state index contributed by atoms with van der Waals surface area (Å²) >= 11 is 6.41. The molecule has 1 aliphatic heterocycles. The quantitative estimate of drug-likeness (QED) is 0.523. The van der Waals surface area contributed by atoms with E-state index in [0.717, 1.165) is 45.4 Å². The molecule has 184 valence electrons. The zero-order valence-corrected chi connectivity index (χ0v) is 19.3. The standard InChI is InChI=1S/C24H29ClN4O4.CH4/c25-20-12-27-18(10-22(30)17-2-1-16(7-17)8-24(31)32)9-19(20)21-13-26-14-23(29-21)28-11-15-3-5-33-6-4-15;/h9,12-17H,1-8,10-11H2,(H,28,29)(H,31,32);1H4/t16-,17+;/m1./s1.